The van der Waals surface area contributed by atoms with E-state index in [0.29, 0.717) is 18.4 Å². The van der Waals surface area contributed by atoms with Gasteiger partial charge in [0.2, 0.25) is 0 Å². The molecule has 1 nitrogen and oxygen atoms in total. The molecule has 2 unspecified atom stereocenters. The highest BCUT2D eigenvalue weighted by Gasteiger charge is 2.56. The van der Waals surface area contributed by atoms with Gasteiger partial charge < -0.3 is 5.11 Å². The third-order valence-corrected chi connectivity index (χ3v) is 3.96. The molecule has 1 saturated carbocycles. The largest absolute Gasteiger partial charge is 0.396 e. The Labute approximate surface area is 92.1 Å². The van der Waals surface area contributed by atoms with E-state index >= 15 is 0 Å². The van der Waals surface area contributed by atoms with E-state index in [-0.39, 0.29) is 5.41 Å². The molecule has 82 valence electrons. The maximum Gasteiger partial charge on any atom is 0.0468 e. The minimum absolute atomic E-state index is 0.251. The van der Waals surface area contributed by atoms with Gasteiger partial charge in [-0.1, -0.05) is 43.7 Å². The molecule has 0 bridgehead atoms. The number of aliphatic hydroxyl groups is 1. The maximum atomic E-state index is 9.32. The molecule has 0 heterocycles. The molecule has 1 aromatic carbocycles. The van der Waals surface area contributed by atoms with Crippen LogP contribution >= 0.6 is 0 Å². The summed E-state index contributed by atoms with van der Waals surface area (Å²) in [4.78, 5) is 0. The van der Waals surface area contributed by atoms with Crippen molar-refractivity contribution in [3.63, 3.8) is 0 Å². The van der Waals surface area contributed by atoms with Gasteiger partial charge in [-0.05, 0) is 30.7 Å². The van der Waals surface area contributed by atoms with E-state index in [1.54, 1.807) is 0 Å². The summed E-state index contributed by atoms with van der Waals surface area (Å²) in [5.41, 5.74) is 2.98. The minimum atomic E-state index is 0.251. The summed E-state index contributed by atoms with van der Waals surface area (Å²) in [6.07, 6.45) is 1.14. The van der Waals surface area contributed by atoms with Crippen LogP contribution in [0.25, 0.3) is 0 Å². The Morgan fingerprint density at radius 1 is 1.47 bits per heavy atom. The van der Waals surface area contributed by atoms with Crippen LogP contribution in [0.1, 0.15) is 31.4 Å². The van der Waals surface area contributed by atoms with Crippen LogP contribution in [0.4, 0.5) is 0 Å². The zero-order valence-corrected chi connectivity index (χ0v) is 9.83. The number of rotatable bonds is 3. The second kappa shape index (κ2) is 3.64. The summed E-state index contributed by atoms with van der Waals surface area (Å²) in [6.45, 7) is 6.98. The summed E-state index contributed by atoms with van der Waals surface area (Å²) in [5.74, 6) is 1.08. The Kier molecular flexibility index (Phi) is 2.59. The van der Waals surface area contributed by atoms with Crippen LogP contribution in [0.5, 0.6) is 0 Å². The van der Waals surface area contributed by atoms with Gasteiger partial charge in [0.25, 0.3) is 0 Å². The lowest BCUT2D eigenvalue weighted by Crippen LogP contribution is -2.19. The van der Waals surface area contributed by atoms with Crippen molar-refractivity contribution >= 4 is 0 Å². The maximum absolute atomic E-state index is 9.32. The average molecular weight is 204 g/mol. The van der Waals surface area contributed by atoms with Crippen LogP contribution in [0.3, 0.4) is 0 Å². The molecule has 2 rings (SSSR count). The predicted molar refractivity (Wildman–Crippen MR) is 62.9 cm³/mol. The van der Waals surface area contributed by atoms with E-state index in [4.69, 9.17) is 0 Å². The van der Waals surface area contributed by atoms with Gasteiger partial charge in [0.1, 0.15) is 0 Å². The second-order valence-corrected chi connectivity index (χ2v) is 5.15. The monoisotopic (exact) mass is 204 g/mol. The third-order valence-electron chi connectivity index (χ3n) is 3.96. The van der Waals surface area contributed by atoms with Crippen molar-refractivity contribution in [2.45, 2.75) is 32.6 Å². The second-order valence-electron chi connectivity index (χ2n) is 5.15. The summed E-state index contributed by atoms with van der Waals surface area (Å²) in [6, 6.07) is 8.74. The van der Waals surface area contributed by atoms with E-state index < -0.39 is 0 Å². The number of hydrogen-bond acceptors (Lipinski definition) is 1. The molecule has 1 aliphatic carbocycles. The molecule has 1 N–H and O–H groups in total. The summed E-state index contributed by atoms with van der Waals surface area (Å²) in [5, 5.41) is 9.32. The SMILES string of the molecule is Cc1cccc(C2(C(C)C)CC2CO)c1. The molecular weight excluding hydrogens is 184 g/mol. The zero-order valence-electron chi connectivity index (χ0n) is 9.83. The average Bonchev–Trinajstić information content (AvgIpc) is 2.93. The van der Waals surface area contributed by atoms with Crippen molar-refractivity contribution in [1.29, 1.82) is 0 Å². The summed E-state index contributed by atoms with van der Waals surface area (Å²) in [7, 11) is 0. The van der Waals surface area contributed by atoms with Gasteiger partial charge >= 0.3 is 0 Å². The van der Waals surface area contributed by atoms with Crippen molar-refractivity contribution in [2.75, 3.05) is 6.61 Å². The fraction of sp³-hybridized carbons (Fsp3) is 0.571. The number of benzene rings is 1. The Morgan fingerprint density at radius 2 is 2.20 bits per heavy atom. The molecule has 0 amide bonds. The number of aliphatic hydroxyl groups excluding tert-OH is 1. The molecule has 0 saturated heterocycles. The molecule has 1 heteroatoms. The Hall–Kier alpha value is -0.820. The lowest BCUT2D eigenvalue weighted by molar-refractivity contribution is 0.252. The van der Waals surface area contributed by atoms with Crippen LogP contribution < -0.4 is 0 Å². The first-order chi connectivity index (χ1) is 7.11. The van der Waals surface area contributed by atoms with Crippen molar-refractivity contribution in [2.24, 2.45) is 11.8 Å². The van der Waals surface area contributed by atoms with Gasteiger partial charge in [-0.2, -0.15) is 0 Å². The lowest BCUT2D eigenvalue weighted by Gasteiger charge is -2.22. The van der Waals surface area contributed by atoms with Crippen LogP contribution in [0, 0.1) is 18.8 Å². The van der Waals surface area contributed by atoms with Crippen LogP contribution in [0.15, 0.2) is 24.3 Å². The van der Waals surface area contributed by atoms with Gasteiger partial charge in [-0.15, -0.1) is 0 Å². The quantitative estimate of drug-likeness (QED) is 0.802. The van der Waals surface area contributed by atoms with Gasteiger partial charge in [-0.25, -0.2) is 0 Å². The fourth-order valence-corrected chi connectivity index (χ4v) is 2.90. The van der Waals surface area contributed by atoms with Gasteiger partial charge in [-0.3, -0.25) is 0 Å². The Balaban J connectivity index is 2.36. The molecule has 0 aliphatic heterocycles. The van der Waals surface area contributed by atoms with E-state index in [1.807, 2.05) is 0 Å². The summed E-state index contributed by atoms with van der Waals surface area (Å²) >= 11 is 0. The van der Waals surface area contributed by atoms with Crippen LogP contribution in [-0.2, 0) is 5.41 Å². The first-order valence-corrected chi connectivity index (χ1v) is 5.79. The molecule has 1 aliphatic rings. The van der Waals surface area contributed by atoms with Crippen molar-refractivity contribution in [1.82, 2.24) is 0 Å². The van der Waals surface area contributed by atoms with Crippen LogP contribution in [0.2, 0.25) is 0 Å². The number of hydrogen-bond donors (Lipinski definition) is 1. The molecule has 15 heavy (non-hydrogen) atoms. The highest BCUT2D eigenvalue weighted by molar-refractivity contribution is 5.37. The molecule has 1 fully saturated rings. The van der Waals surface area contributed by atoms with Crippen LogP contribution in [-0.4, -0.2) is 11.7 Å². The minimum Gasteiger partial charge on any atom is -0.396 e. The first kappa shape index (κ1) is 10.7. The van der Waals surface area contributed by atoms with Gasteiger partial charge in [0.15, 0.2) is 0 Å². The Morgan fingerprint density at radius 3 is 2.67 bits per heavy atom. The molecule has 0 radical (unpaired) electrons. The van der Waals surface area contributed by atoms with Gasteiger partial charge in [0.05, 0.1) is 0 Å². The Bertz CT molecular complexity index is 356. The normalized spacial score (nSPS) is 29.5. The highest BCUT2D eigenvalue weighted by Crippen LogP contribution is 2.58. The van der Waals surface area contributed by atoms with Crippen molar-refractivity contribution in [3.8, 4) is 0 Å². The smallest absolute Gasteiger partial charge is 0.0468 e. The van der Waals surface area contributed by atoms with Crippen molar-refractivity contribution < 1.29 is 5.11 Å². The van der Waals surface area contributed by atoms with E-state index in [1.165, 1.54) is 11.1 Å². The lowest BCUT2D eigenvalue weighted by atomic mass is 9.82. The topological polar surface area (TPSA) is 20.2 Å². The van der Waals surface area contributed by atoms with E-state index in [2.05, 4.69) is 45.0 Å². The molecular formula is C14H20O. The third kappa shape index (κ3) is 1.59. The van der Waals surface area contributed by atoms with Gasteiger partial charge in [0, 0.05) is 12.0 Å². The predicted octanol–water partition coefficient (Wildman–Crippen LogP) is 2.90. The summed E-state index contributed by atoms with van der Waals surface area (Å²) < 4.78 is 0. The molecule has 1 aromatic rings. The van der Waals surface area contributed by atoms with E-state index in [0.717, 1.165) is 6.42 Å². The molecule has 0 aromatic heterocycles. The number of aryl methyl sites for hydroxylation is 1. The standard InChI is InChI=1S/C14H20O/c1-10(2)14(8-13(14)9-15)12-6-4-5-11(3)7-12/h4-7,10,13,15H,8-9H2,1-3H3. The molecule has 0 spiro atoms. The van der Waals surface area contributed by atoms with Crippen molar-refractivity contribution in [3.05, 3.63) is 35.4 Å². The molecule has 2 atom stereocenters. The van der Waals surface area contributed by atoms with E-state index in [9.17, 15) is 5.11 Å². The fourth-order valence-electron chi connectivity index (χ4n) is 2.90. The highest BCUT2D eigenvalue weighted by atomic mass is 16.3. The first-order valence-electron chi connectivity index (χ1n) is 5.79. The zero-order chi connectivity index (χ0) is 11.1.